The van der Waals surface area contributed by atoms with Crippen LogP contribution in [0.1, 0.15) is 31.7 Å². The van der Waals surface area contributed by atoms with Crippen LogP contribution in [0.5, 0.6) is 0 Å². The number of benzene rings is 1. The third-order valence-electron chi connectivity index (χ3n) is 4.20. The van der Waals surface area contributed by atoms with Crippen LogP contribution in [0.2, 0.25) is 0 Å². The molecule has 2 atom stereocenters. The third-order valence-corrected chi connectivity index (χ3v) is 4.20. The molecule has 2 fully saturated rings. The molecule has 2 unspecified atom stereocenters. The molecule has 1 aromatic rings. The third kappa shape index (κ3) is 2.99. The Morgan fingerprint density at radius 3 is 2.63 bits per heavy atom. The van der Waals surface area contributed by atoms with Crippen molar-refractivity contribution in [2.75, 3.05) is 13.2 Å². The molecule has 1 heterocycles. The van der Waals surface area contributed by atoms with Gasteiger partial charge in [-0.15, -0.1) is 0 Å². The molecule has 3 heteroatoms. The minimum atomic E-state index is -0.300. The second-order valence-electron chi connectivity index (χ2n) is 5.66. The van der Waals surface area contributed by atoms with Crippen LogP contribution in [-0.2, 0) is 20.8 Å². The average Bonchev–Trinajstić information content (AvgIpc) is 2.87. The second kappa shape index (κ2) is 5.61. The van der Waals surface area contributed by atoms with Gasteiger partial charge in [-0.25, -0.2) is 0 Å². The molecule has 0 radical (unpaired) electrons. The summed E-state index contributed by atoms with van der Waals surface area (Å²) in [6.07, 6.45) is 3.25. The highest BCUT2D eigenvalue weighted by Crippen LogP contribution is 2.39. The van der Waals surface area contributed by atoms with Gasteiger partial charge in [0.15, 0.2) is 5.79 Å². The highest BCUT2D eigenvalue weighted by molar-refractivity contribution is 5.13. The summed E-state index contributed by atoms with van der Waals surface area (Å²) in [7, 11) is 0. The van der Waals surface area contributed by atoms with E-state index in [1.165, 1.54) is 5.56 Å². The number of ether oxygens (including phenoxy) is 3. The summed E-state index contributed by atoms with van der Waals surface area (Å²) < 4.78 is 17.6. The highest BCUT2D eigenvalue weighted by Gasteiger charge is 2.43. The SMILES string of the molecule is CC1CC2(CCC1OCc1ccccc1)OCCO2. The predicted octanol–water partition coefficient (Wildman–Crippen LogP) is 3.13. The molecule has 2 aliphatic rings. The van der Waals surface area contributed by atoms with Gasteiger partial charge in [0.1, 0.15) is 0 Å². The Hall–Kier alpha value is -0.900. The molecule has 104 valence electrons. The fraction of sp³-hybridized carbons (Fsp3) is 0.625. The fourth-order valence-corrected chi connectivity index (χ4v) is 3.16. The topological polar surface area (TPSA) is 27.7 Å². The molecule has 1 saturated carbocycles. The van der Waals surface area contributed by atoms with Crippen LogP contribution in [-0.4, -0.2) is 25.1 Å². The van der Waals surface area contributed by atoms with E-state index in [2.05, 4.69) is 31.2 Å². The molecule has 1 aliphatic heterocycles. The fourth-order valence-electron chi connectivity index (χ4n) is 3.16. The molecular weight excluding hydrogens is 240 g/mol. The maximum absolute atomic E-state index is 6.07. The summed E-state index contributed by atoms with van der Waals surface area (Å²) in [5.74, 6) is 0.182. The van der Waals surface area contributed by atoms with Crippen molar-refractivity contribution < 1.29 is 14.2 Å². The first-order chi connectivity index (χ1) is 9.27. The summed E-state index contributed by atoms with van der Waals surface area (Å²) in [5, 5.41) is 0. The summed E-state index contributed by atoms with van der Waals surface area (Å²) in [6, 6.07) is 10.4. The van der Waals surface area contributed by atoms with E-state index in [9.17, 15) is 0 Å². The Morgan fingerprint density at radius 2 is 1.95 bits per heavy atom. The molecule has 19 heavy (non-hydrogen) atoms. The van der Waals surface area contributed by atoms with Crippen molar-refractivity contribution in [2.45, 2.75) is 44.7 Å². The van der Waals surface area contributed by atoms with Crippen LogP contribution >= 0.6 is 0 Å². The summed E-state index contributed by atoms with van der Waals surface area (Å²) in [6.45, 7) is 4.41. The van der Waals surface area contributed by atoms with Gasteiger partial charge in [-0.1, -0.05) is 37.3 Å². The van der Waals surface area contributed by atoms with Gasteiger partial charge in [0, 0.05) is 12.8 Å². The van der Waals surface area contributed by atoms with E-state index in [1.54, 1.807) is 0 Å². The molecule has 1 aromatic carbocycles. The Balaban J connectivity index is 1.53. The van der Waals surface area contributed by atoms with Gasteiger partial charge in [0.25, 0.3) is 0 Å². The average molecular weight is 262 g/mol. The molecule has 1 saturated heterocycles. The lowest BCUT2D eigenvalue weighted by Crippen LogP contribution is -2.42. The summed E-state index contributed by atoms with van der Waals surface area (Å²) in [4.78, 5) is 0. The molecule has 1 aliphatic carbocycles. The first-order valence-electron chi connectivity index (χ1n) is 7.21. The lowest BCUT2D eigenvalue weighted by molar-refractivity contribution is -0.206. The molecule has 3 rings (SSSR count). The van der Waals surface area contributed by atoms with Gasteiger partial charge in [0.2, 0.25) is 0 Å². The molecule has 0 aromatic heterocycles. The van der Waals surface area contributed by atoms with Gasteiger partial charge in [-0.05, 0) is 17.9 Å². The van der Waals surface area contributed by atoms with Crippen molar-refractivity contribution in [3.05, 3.63) is 35.9 Å². The Bertz CT molecular complexity index is 398. The van der Waals surface area contributed by atoms with Crippen molar-refractivity contribution in [1.29, 1.82) is 0 Å². The van der Waals surface area contributed by atoms with E-state index in [0.717, 1.165) is 32.5 Å². The molecule has 0 amide bonds. The maximum Gasteiger partial charge on any atom is 0.168 e. The zero-order valence-corrected chi connectivity index (χ0v) is 11.5. The number of hydrogen-bond donors (Lipinski definition) is 0. The molecule has 0 bridgehead atoms. The van der Waals surface area contributed by atoms with Gasteiger partial charge in [0.05, 0.1) is 25.9 Å². The van der Waals surface area contributed by atoms with E-state index in [1.807, 2.05) is 6.07 Å². The first-order valence-corrected chi connectivity index (χ1v) is 7.21. The number of hydrogen-bond acceptors (Lipinski definition) is 3. The van der Waals surface area contributed by atoms with Crippen LogP contribution in [0.4, 0.5) is 0 Å². The zero-order valence-electron chi connectivity index (χ0n) is 11.5. The lowest BCUT2D eigenvalue weighted by Gasteiger charge is -2.39. The first kappa shape index (κ1) is 13.1. The van der Waals surface area contributed by atoms with Crippen LogP contribution in [0, 0.1) is 5.92 Å². The van der Waals surface area contributed by atoms with Crippen LogP contribution < -0.4 is 0 Å². The summed E-state index contributed by atoms with van der Waals surface area (Å²) >= 11 is 0. The van der Waals surface area contributed by atoms with Crippen molar-refractivity contribution in [1.82, 2.24) is 0 Å². The van der Waals surface area contributed by atoms with E-state index in [0.29, 0.717) is 18.6 Å². The standard InChI is InChI=1S/C16H22O3/c1-13-11-16(18-9-10-19-16)8-7-15(13)17-12-14-5-3-2-4-6-14/h2-6,13,15H,7-12H2,1H3. The van der Waals surface area contributed by atoms with Crippen molar-refractivity contribution in [2.24, 2.45) is 5.92 Å². The Kier molecular flexibility index (Phi) is 3.87. The molecule has 3 nitrogen and oxygen atoms in total. The van der Waals surface area contributed by atoms with Gasteiger partial charge >= 0.3 is 0 Å². The van der Waals surface area contributed by atoms with Crippen LogP contribution in [0.15, 0.2) is 30.3 Å². The van der Waals surface area contributed by atoms with E-state index < -0.39 is 0 Å². The van der Waals surface area contributed by atoms with Crippen molar-refractivity contribution in [3.63, 3.8) is 0 Å². The Labute approximate surface area is 114 Å². The lowest BCUT2D eigenvalue weighted by atomic mass is 9.83. The van der Waals surface area contributed by atoms with Crippen molar-refractivity contribution in [3.8, 4) is 0 Å². The predicted molar refractivity (Wildman–Crippen MR) is 72.7 cm³/mol. The van der Waals surface area contributed by atoms with Gasteiger partial charge < -0.3 is 14.2 Å². The van der Waals surface area contributed by atoms with E-state index in [-0.39, 0.29) is 5.79 Å². The number of rotatable bonds is 3. The Morgan fingerprint density at radius 1 is 1.21 bits per heavy atom. The minimum absolute atomic E-state index is 0.300. The van der Waals surface area contributed by atoms with Gasteiger partial charge in [-0.2, -0.15) is 0 Å². The minimum Gasteiger partial charge on any atom is -0.373 e. The van der Waals surface area contributed by atoms with Crippen LogP contribution in [0.25, 0.3) is 0 Å². The van der Waals surface area contributed by atoms with E-state index >= 15 is 0 Å². The largest absolute Gasteiger partial charge is 0.373 e. The smallest absolute Gasteiger partial charge is 0.168 e. The zero-order chi connectivity index (χ0) is 13.1. The van der Waals surface area contributed by atoms with Crippen LogP contribution in [0.3, 0.4) is 0 Å². The molecule has 0 N–H and O–H groups in total. The van der Waals surface area contributed by atoms with Gasteiger partial charge in [-0.3, -0.25) is 0 Å². The highest BCUT2D eigenvalue weighted by atomic mass is 16.7. The quantitative estimate of drug-likeness (QED) is 0.837. The maximum atomic E-state index is 6.07. The van der Waals surface area contributed by atoms with E-state index in [4.69, 9.17) is 14.2 Å². The second-order valence-corrected chi connectivity index (χ2v) is 5.66. The normalized spacial score (nSPS) is 29.7. The molecule has 1 spiro atoms. The van der Waals surface area contributed by atoms with Crippen molar-refractivity contribution >= 4 is 0 Å². The molecular formula is C16H22O3. The monoisotopic (exact) mass is 262 g/mol. The summed E-state index contributed by atoms with van der Waals surface area (Å²) in [5.41, 5.74) is 1.24.